The summed E-state index contributed by atoms with van der Waals surface area (Å²) in [6.45, 7) is 0. The van der Waals surface area contributed by atoms with E-state index < -0.39 is 71.3 Å². The van der Waals surface area contributed by atoms with Gasteiger partial charge < -0.3 is 28.4 Å². The summed E-state index contributed by atoms with van der Waals surface area (Å²) in [6.07, 6.45) is 1.14. The van der Waals surface area contributed by atoms with E-state index in [1.165, 1.54) is 42.7 Å². The summed E-state index contributed by atoms with van der Waals surface area (Å²) < 4.78 is 30.8. The van der Waals surface area contributed by atoms with Gasteiger partial charge in [0.1, 0.15) is 0 Å². The highest BCUT2D eigenvalue weighted by Gasteiger charge is 2.62. The Bertz CT molecular complexity index is 1440. The summed E-state index contributed by atoms with van der Waals surface area (Å²) >= 11 is 0. The molecule has 0 aliphatic heterocycles. The van der Waals surface area contributed by atoms with Crippen molar-refractivity contribution < 1.29 is 57.2 Å². The summed E-state index contributed by atoms with van der Waals surface area (Å²) in [6, 6.07) is 0. The molecule has 234 valence electrons. The largest absolute Gasteiger partial charge is 0.466 e. The van der Waals surface area contributed by atoms with E-state index in [4.69, 9.17) is 28.4 Å². The number of hydrogen-bond acceptors (Lipinski definition) is 12. The van der Waals surface area contributed by atoms with Gasteiger partial charge in [0.05, 0.1) is 76.1 Å². The standard InChI is InChI=1S/C33H30O12/c1-40-28(34)22-10-7-11(23(22)29(35)41-2)17-16(10)18-12-8-14(26(32(38)44-5)24(12)30(36)42-3)20(18)21-15-9-13(19(17)21)25(31(37)43-4)27(15)33(39)45-6/h10-15H,7-9H2,1-6H3/t10-,11+,12-,13-,14+,15+. The van der Waals surface area contributed by atoms with Gasteiger partial charge in [0, 0.05) is 35.5 Å². The molecule has 0 unspecified atom stereocenters. The van der Waals surface area contributed by atoms with Gasteiger partial charge in [-0.3, -0.25) is 0 Å². The van der Waals surface area contributed by atoms with Gasteiger partial charge in [-0.15, -0.1) is 0 Å². The number of hydrogen-bond donors (Lipinski definition) is 0. The Morgan fingerprint density at radius 1 is 0.333 bits per heavy atom. The van der Waals surface area contributed by atoms with Crippen molar-refractivity contribution in [1.82, 2.24) is 0 Å². The molecule has 1 aromatic rings. The molecular formula is C33H30O12. The second-order valence-electron chi connectivity index (χ2n) is 11.9. The third-order valence-electron chi connectivity index (χ3n) is 10.6. The Labute approximate surface area is 257 Å². The average Bonchev–Trinajstić information content (AvgIpc) is 3.91. The molecule has 1 aromatic carbocycles. The summed E-state index contributed by atoms with van der Waals surface area (Å²) in [5.74, 6) is -7.31. The quantitative estimate of drug-likeness (QED) is 0.339. The van der Waals surface area contributed by atoms with E-state index >= 15 is 0 Å². The van der Waals surface area contributed by atoms with E-state index in [0.717, 1.165) is 33.4 Å². The molecule has 0 fully saturated rings. The summed E-state index contributed by atoms with van der Waals surface area (Å²) in [5.41, 5.74) is 5.93. The topological polar surface area (TPSA) is 158 Å². The van der Waals surface area contributed by atoms with E-state index in [-0.39, 0.29) is 33.4 Å². The van der Waals surface area contributed by atoms with Gasteiger partial charge in [0.25, 0.3) is 0 Å². The molecule has 0 radical (unpaired) electrons. The van der Waals surface area contributed by atoms with Gasteiger partial charge in [0.2, 0.25) is 0 Å². The number of ether oxygens (including phenoxy) is 6. The lowest BCUT2D eigenvalue weighted by molar-refractivity contribution is -0.139. The van der Waals surface area contributed by atoms with Gasteiger partial charge >= 0.3 is 35.8 Å². The maximum absolute atomic E-state index is 13.2. The fraction of sp³-hybridized carbons (Fsp3) is 0.455. The maximum Gasteiger partial charge on any atom is 0.334 e. The first kappa shape index (κ1) is 29.0. The monoisotopic (exact) mass is 618 g/mol. The van der Waals surface area contributed by atoms with Crippen LogP contribution >= 0.6 is 0 Å². The van der Waals surface area contributed by atoms with Gasteiger partial charge in [-0.2, -0.15) is 0 Å². The molecule has 0 amide bonds. The Morgan fingerprint density at radius 2 is 0.467 bits per heavy atom. The zero-order chi connectivity index (χ0) is 32.2. The molecule has 0 saturated heterocycles. The van der Waals surface area contributed by atoms with Crippen LogP contribution < -0.4 is 0 Å². The van der Waals surface area contributed by atoms with Crippen molar-refractivity contribution >= 4 is 35.8 Å². The van der Waals surface area contributed by atoms with Gasteiger partial charge in [0.15, 0.2) is 0 Å². The van der Waals surface area contributed by atoms with Crippen molar-refractivity contribution in [2.45, 2.75) is 54.8 Å². The lowest BCUT2D eigenvalue weighted by atomic mass is 9.69. The molecule has 6 atom stereocenters. The number of esters is 6. The first-order chi connectivity index (χ1) is 21.6. The molecule has 6 aliphatic rings. The lowest BCUT2D eigenvalue weighted by Gasteiger charge is -2.34. The van der Waals surface area contributed by atoms with Crippen LogP contribution in [0.5, 0.6) is 0 Å². The molecule has 0 heterocycles. The molecular weight excluding hydrogens is 588 g/mol. The Hall–Kier alpha value is -4.74. The summed E-state index contributed by atoms with van der Waals surface area (Å²) in [7, 11) is 7.46. The molecule has 7 rings (SSSR count). The smallest absolute Gasteiger partial charge is 0.334 e. The Balaban J connectivity index is 1.57. The molecule has 0 spiro atoms. The number of carbonyl (C=O) groups is 6. The van der Waals surface area contributed by atoms with Crippen molar-refractivity contribution in [3.8, 4) is 0 Å². The molecule has 45 heavy (non-hydrogen) atoms. The predicted molar refractivity (Wildman–Crippen MR) is 150 cm³/mol. The number of benzene rings is 1. The van der Waals surface area contributed by atoms with Crippen LogP contribution in [0.1, 0.15) is 88.2 Å². The van der Waals surface area contributed by atoms with Crippen LogP contribution in [0.15, 0.2) is 33.4 Å². The second-order valence-corrected chi connectivity index (χ2v) is 11.9. The van der Waals surface area contributed by atoms with Gasteiger partial charge in [-0.1, -0.05) is 0 Å². The number of carbonyl (C=O) groups excluding carboxylic acids is 6. The third kappa shape index (κ3) is 3.37. The average molecular weight is 619 g/mol. The fourth-order valence-electron chi connectivity index (χ4n) is 9.41. The highest BCUT2D eigenvalue weighted by Crippen LogP contribution is 2.72. The fourth-order valence-corrected chi connectivity index (χ4v) is 9.41. The van der Waals surface area contributed by atoms with Crippen LogP contribution in [0.2, 0.25) is 0 Å². The highest BCUT2D eigenvalue weighted by molar-refractivity contribution is 6.09. The van der Waals surface area contributed by atoms with Crippen LogP contribution in [-0.4, -0.2) is 78.5 Å². The SMILES string of the molecule is COC(=O)C1=C(C(=O)OC)[C@@H]2C[C@H]1c1c3c(c4c(c12)[C@@H]1C[C@H]4C(C(=O)OC)=C1C(=O)OC)[C@H]1C[C@@H]3C(C(=O)OC)=C1C(=O)OC. The summed E-state index contributed by atoms with van der Waals surface area (Å²) in [5, 5.41) is 0. The zero-order valence-corrected chi connectivity index (χ0v) is 25.5. The minimum absolute atomic E-state index is 0.200. The normalized spacial score (nSPS) is 27.3. The van der Waals surface area contributed by atoms with Crippen molar-refractivity contribution in [1.29, 1.82) is 0 Å². The van der Waals surface area contributed by atoms with Crippen molar-refractivity contribution in [3.63, 3.8) is 0 Å². The van der Waals surface area contributed by atoms with Gasteiger partial charge in [-0.25, -0.2) is 28.8 Å². The Morgan fingerprint density at radius 3 is 0.578 bits per heavy atom. The number of fused-ring (bicyclic) bond motifs is 18. The highest BCUT2D eigenvalue weighted by atomic mass is 16.5. The molecule has 6 aliphatic carbocycles. The zero-order valence-electron chi connectivity index (χ0n) is 25.5. The molecule has 0 saturated carbocycles. The van der Waals surface area contributed by atoms with Crippen LogP contribution in [0.4, 0.5) is 0 Å². The van der Waals surface area contributed by atoms with Crippen molar-refractivity contribution in [3.05, 3.63) is 66.8 Å². The van der Waals surface area contributed by atoms with E-state index in [1.54, 1.807) is 0 Å². The van der Waals surface area contributed by atoms with E-state index in [2.05, 4.69) is 0 Å². The van der Waals surface area contributed by atoms with Crippen LogP contribution in [0.3, 0.4) is 0 Å². The van der Waals surface area contributed by atoms with Crippen LogP contribution in [0.25, 0.3) is 0 Å². The molecule has 12 heteroatoms. The van der Waals surface area contributed by atoms with Gasteiger partial charge in [-0.05, 0) is 52.6 Å². The van der Waals surface area contributed by atoms with Crippen molar-refractivity contribution in [2.24, 2.45) is 0 Å². The number of rotatable bonds is 6. The summed E-state index contributed by atoms with van der Waals surface area (Å²) in [4.78, 5) is 79.5. The first-order valence-corrected chi connectivity index (χ1v) is 14.6. The molecule has 6 bridgehead atoms. The van der Waals surface area contributed by atoms with Crippen LogP contribution in [0, 0.1) is 0 Å². The molecule has 12 nitrogen and oxygen atoms in total. The second kappa shape index (κ2) is 9.88. The van der Waals surface area contributed by atoms with E-state index in [9.17, 15) is 28.8 Å². The van der Waals surface area contributed by atoms with E-state index in [1.807, 2.05) is 0 Å². The maximum atomic E-state index is 13.2. The predicted octanol–water partition coefficient (Wildman–Crippen LogP) is 2.37. The minimum Gasteiger partial charge on any atom is -0.466 e. The Kier molecular flexibility index (Phi) is 6.37. The molecule has 0 N–H and O–H groups in total. The number of methoxy groups -OCH3 is 6. The minimum atomic E-state index is -0.658. The lowest BCUT2D eigenvalue weighted by Crippen LogP contribution is -2.28. The van der Waals surface area contributed by atoms with E-state index in [0.29, 0.717) is 19.3 Å². The third-order valence-corrected chi connectivity index (χ3v) is 10.6. The first-order valence-electron chi connectivity index (χ1n) is 14.6. The molecule has 0 aromatic heterocycles. The van der Waals surface area contributed by atoms with Crippen molar-refractivity contribution in [2.75, 3.05) is 42.7 Å². The van der Waals surface area contributed by atoms with Crippen LogP contribution in [-0.2, 0) is 57.2 Å².